The summed E-state index contributed by atoms with van der Waals surface area (Å²) in [6.45, 7) is 0.201. The van der Waals surface area contributed by atoms with Crippen molar-refractivity contribution in [3.63, 3.8) is 0 Å². The monoisotopic (exact) mass is 315 g/mol. The number of aliphatic hydroxyl groups excluding tert-OH is 2. The zero-order valence-corrected chi connectivity index (χ0v) is 11.4. The number of aromatic amines is 1. The van der Waals surface area contributed by atoms with E-state index in [1.165, 1.54) is 6.92 Å². The highest BCUT2D eigenvalue weighted by Gasteiger charge is 2.57. The van der Waals surface area contributed by atoms with Gasteiger partial charge in [-0.25, -0.2) is 14.0 Å². The van der Waals surface area contributed by atoms with Crippen molar-refractivity contribution in [3.05, 3.63) is 27.3 Å². The number of rotatable bonds is 2. The van der Waals surface area contributed by atoms with Crippen molar-refractivity contribution in [2.75, 3.05) is 6.67 Å². The topological polar surface area (TPSA) is 138 Å². The Morgan fingerprint density at radius 2 is 2.32 bits per heavy atom. The average Bonchev–Trinajstić information content (AvgIpc) is 2.70. The Balaban J connectivity index is 2.55. The molecule has 1 fully saturated rings. The fraction of sp³-hybridized carbons (Fsp3) is 0.583. The minimum Gasteiger partial charge on any atom is -0.391 e. The summed E-state index contributed by atoms with van der Waals surface area (Å²) in [5.74, 6) is 4.05. The molecule has 0 radical (unpaired) electrons. The largest absolute Gasteiger partial charge is 0.391 e. The Morgan fingerprint density at radius 1 is 1.64 bits per heavy atom. The molecule has 120 valence electrons. The van der Waals surface area contributed by atoms with E-state index >= 15 is 0 Å². The fourth-order valence-electron chi connectivity index (χ4n) is 2.21. The van der Waals surface area contributed by atoms with Crippen molar-refractivity contribution in [2.24, 2.45) is 0 Å². The second-order valence-corrected chi connectivity index (χ2v) is 4.79. The number of nitrogens with zero attached hydrogens (tertiary/aromatic N) is 2. The summed E-state index contributed by atoms with van der Waals surface area (Å²) in [5, 5.41) is 30.2. The summed E-state index contributed by atoms with van der Waals surface area (Å²) >= 11 is 0. The predicted molar refractivity (Wildman–Crippen MR) is 69.4 cm³/mol. The number of nitrogens with one attached hydrogen (secondary N) is 1. The van der Waals surface area contributed by atoms with Crippen LogP contribution in [0.25, 0.3) is 0 Å². The lowest BCUT2D eigenvalue weighted by Gasteiger charge is -2.26. The highest BCUT2D eigenvalue weighted by Crippen LogP contribution is 2.38. The molecular formula is C12H14FN3O6. The van der Waals surface area contributed by atoms with Crippen LogP contribution in [0.4, 0.5) is 4.39 Å². The van der Waals surface area contributed by atoms with Gasteiger partial charge in [-0.05, 0) is 6.92 Å². The van der Waals surface area contributed by atoms with Crippen LogP contribution in [0.3, 0.4) is 0 Å². The van der Waals surface area contributed by atoms with Crippen LogP contribution in [0.2, 0.25) is 0 Å². The van der Waals surface area contributed by atoms with Gasteiger partial charge in [0.15, 0.2) is 11.8 Å². The lowest BCUT2D eigenvalue weighted by Crippen LogP contribution is -2.49. The Kier molecular flexibility index (Phi) is 4.43. The van der Waals surface area contributed by atoms with E-state index < -0.39 is 48.2 Å². The maximum atomic E-state index is 12.3. The first-order chi connectivity index (χ1) is 10.3. The summed E-state index contributed by atoms with van der Waals surface area (Å²) in [6, 6.07) is 0. The van der Waals surface area contributed by atoms with Crippen LogP contribution in [-0.2, 0) is 4.74 Å². The second kappa shape index (κ2) is 5.98. The quantitative estimate of drug-likeness (QED) is 0.435. The third-order valence-electron chi connectivity index (χ3n) is 3.26. The number of alkyl halides is 1. The molecule has 1 aliphatic heterocycles. The number of halogens is 1. The first-order valence-electron chi connectivity index (χ1n) is 6.28. The summed E-state index contributed by atoms with van der Waals surface area (Å²) in [5.41, 5.74) is -4.24. The van der Waals surface area contributed by atoms with Crippen molar-refractivity contribution in [3.8, 4) is 11.8 Å². The molecule has 1 aromatic heterocycles. The molecule has 2 heterocycles. The molecular weight excluding hydrogens is 301 g/mol. The zero-order chi connectivity index (χ0) is 16.5. The number of ether oxygens (including phenoxy) is 1. The smallest absolute Gasteiger partial charge is 0.350 e. The van der Waals surface area contributed by atoms with E-state index in [0.717, 1.165) is 6.33 Å². The van der Waals surface area contributed by atoms with Crippen molar-refractivity contribution in [1.82, 2.24) is 14.5 Å². The van der Waals surface area contributed by atoms with Crippen molar-refractivity contribution in [1.29, 1.82) is 0 Å². The van der Waals surface area contributed by atoms with Gasteiger partial charge < -0.3 is 20.1 Å². The van der Waals surface area contributed by atoms with Gasteiger partial charge in [-0.3, -0.25) is 9.55 Å². The van der Waals surface area contributed by atoms with Gasteiger partial charge >= 0.3 is 11.4 Å². The number of aliphatic hydroxyl groups is 3. The third-order valence-corrected chi connectivity index (χ3v) is 3.26. The first-order valence-corrected chi connectivity index (χ1v) is 6.28. The van der Waals surface area contributed by atoms with Gasteiger partial charge in [0.1, 0.15) is 25.2 Å². The standard InChI is InChI=1S/C12H14FN3O6/c1-6(17)7-8(18)12(21,3-2-4-13)9(22-7)16-5-14-10(19)15-11(16)20/h5-9,17-18,21H,4H2,1H3,(H,15,19,20)/t6-,7-,8?,9-,12-/m1/s1. The maximum absolute atomic E-state index is 12.3. The van der Waals surface area contributed by atoms with Crippen molar-refractivity contribution < 1.29 is 24.4 Å². The number of H-pyrrole nitrogens is 1. The average molecular weight is 315 g/mol. The van der Waals surface area contributed by atoms with Crippen molar-refractivity contribution >= 4 is 0 Å². The molecule has 0 spiro atoms. The molecule has 10 heteroatoms. The molecule has 0 amide bonds. The second-order valence-electron chi connectivity index (χ2n) is 4.79. The Hall–Kier alpha value is -2.06. The lowest BCUT2D eigenvalue weighted by molar-refractivity contribution is -0.0889. The van der Waals surface area contributed by atoms with E-state index in [-0.39, 0.29) is 0 Å². The minimum atomic E-state index is -2.36. The zero-order valence-electron chi connectivity index (χ0n) is 11.4. The van der Waals surface area contributed by atoms with Gasteiger partial charge in [0.2, 0.25) is 0 Å². The SMILES string of the molecule is C[C@@H](O)[C@H]1O[C@@H](n2cnc(=O)[nH]c2=O)[C@@](O)(C#CCF)C1O. The van der Waals surface area contributed by atoms with Crippen LogP contribution >= 0.6 is 0 Å². The molecule has 2 rings (SSSR count). The highest BCUT2D eigenvalue weighted by atomic mass is 19.1. The van der Waals surface area contributed by atoms with Crippen LogP contribution in [0.5, 0.6) is 0 Å². The van der Waals surface area contributed by atoms with Gasteiger partial charge in [-0.1, -0.05) is 11.8 Å². The number of hydrogen-bond donors (Lipinski definition) is 4. The molecule has 0 saturated carbocycles. The maximum Gasteiger partial charge on any atom is 0.350 e. The van der Waals surface area contributed by atoms with Gasteiger partial charge in [0.05, 0.1) is 6.10 Å². The van der Waals surface area contributed by atoms with Crippen LogP contribution in [-0.4, -0.2) is 60.4 Å². The van der Waals surface area contributed by atoms with Crippen LogP contribution in [0.15, 0.2) is 15.9 Å². The van der Waals surface area contributed by atoms with E-state index in [1.54, 1.807) is 0 Å². The van der Waals surface area contributed by atoms with Gasteiger partial charge in [0.25, 0.3) is 0 Å². The normalized spacial score (nSPS) is 32.3. The Morgan fingerprint density at radius 3 is 2.86 bits per heavy atom. The highest BCUT2D eigenvalue weighted by molar-refractivity contribution is 5.23. The number of hydrogen-bond acceptors (Lipinski definition) is 7. The minimum absolute atomic E-state index is 0.694. The summed E-state index contributed by atoms with van der Waals surface area (Å²) < 4.78 is 18.3. The Labute approximate surface area is 123 Å². The molecule has 1 aromatic rings. The van der Waals surface area contributed by atoms with E-state index in [4.69, 9.17) is 4.74 Å². The van der Waals surface area contributed by atoms with E-state index in [1.807, 2.05) is 10.9 Å². The summed E-state index contributed by atoms with van der Waals surface area (Å²) in [7, 11) is 0. The molecule has 22 heavy (non-hydrogen) atoms. The fourth-order valence-corrected chi connectivity index (χ4v) is 2.21. The Bertz CT molecular complexity index is 720. The van der Waals surface area contributed by atoms with Gasteiger partial charge in [-0.15, -0.1) is 0 Å². The van der Waals surface area contributed by atoms with Crippen molar-refractivity contribution in [2.45, 2.75) is 37.1 Å². The van der Waals surface area contributed by atoms with E-state index in [2.05, 4.69) is 10.9 Å². The molecule has 0 aromatic carbocycles. The number of aromatic nitrogens is 3. The molecule has 1 aliphatic rings. The molecule has 5 atom stereocenters. The van der Waals surface area contributed by atoms with Crippen LogP contribution in [0, 0.1) is 11.8 Å². The first kappa shape index (κ1) is 16.3. The predicted octanol–water partition coefficient (Wildman–Crippen LogP) is -2.73. The van der Waals surface area contributed by atoms with Crippen LogP contribution in [0.1, 0.15) is 13.2 Å². The van der Waals surface area contributed by atoms with E-state index in [9.17, 15) is 29.3 Å². The molecule has 0 aliphatic carbocycles. The van der Waals surface area contributed by atoms with Gasteiger partial charge in [-0.2, -0.15) is 4.98 Å². The molecule has 1 saturated heterocycles. The molecule has 4 N–H and O–H groups in total. The van der Waals surface area contributed by atoms with E-state index in [0.29, 0.717) is 4.57 Å². The molecule has 1 unspecified atom stereocenters. The molecule has 9 nitrogen and oxygen atoms in total. The van der Waals surface area contributed by atoms with Gasteiger partial charge in [0, 0.05) is 0 Å². The molecule has 0 bridgehead atoms. The summed E-state index contributed by atoms with van der Waals surface area (Å²) in [6.07, 6.45) is -4.98. The van der Waals surface area contributed by atoms with Crippen LogP contribution < -0.4 is 11.4 Å². The lowest BCUT2D eigenvalue weighted by atomic mass is 9.93. The summed E-state index contributed by atoms with van der Waals surface area (Å²) in [4.78, 5) is 27.9. The third kappa shape index (κ3) is 2.67.